The van der Waals surface area contributed by atoms with Gasteiger partial charge in [-0.2, -0.15) is 9.41 Å². The molecule has 0 fully saturated rings. The van der Waals surface area contributed by atoms with E-state index < -0.39 is 22.5 Å². The standard InChI is InChI=1S/C20H25N3O6S/c1-14-10-16(7-9-17(14)27-3)30(25,26)23(2)13-20(24)22-21-12-15-6-8-18(28-4)19(11-15)29-5/h6-12H,13H2,1-5H3,(H,22,24)/b21-12-. The lowest BCUT2D eigenvalue weighted by molar-refractivity contribution is -0.121. The smallest absolute Gasteiger partial charge is 0.255 e. The van der Waals surface area contributed by atoms with Crippen molar-refractivity contribution in [1.82, 2.24) is 9.73 Å². The summed E-state index contributed by atoms with van der Waals surface area (Å²) in [5.41, 5.74) is 3.66. The molecule has 0 saturated heterocycles. The van der Waals surface area contributed by atoms with Gasteiger partial charge in [0.25, 0.3) is 5.91 Å². The number of aryl methyl sites for hydroxylation is 1. The van der Waals surface area contributed by atoms with E-state index in [2.05, 4.69) is 10.5 Å². The Kier molecular flexibility index (Phi) is 7.79. The number of nitrogens with zero attached hydrogens (tertiary/aromatic N) is 2. The van der Waals surface area contributed by atoms with Crippen molar-refractivity contribution in [2.24, 2.45) is 5.10 Å². The fraction of sp³-hybridized carbons (Fsp3) is 0.300. The molecule has 0 heterocycles. The van der Waals surface area contributed by atoms with Crippen LogP contribution in [0.2, 0.25) is 0 Å². The molecule has 0 aromatic heterocycles. The number of likely N-dealkylation sites (N-methyl/N-ethyl adjacent to an activating group) is 1. The minimum atomic E-state index is -3.84. The van der Waals surface area contributed by atoms with Crippen LogP contribution in [-0.4, -0.2) is 59.8 Å². The molecule has 0 aliphatic carbocycles. The van der Waals surface area contributed by atoms with Crippen molar-refractivity contribution in [3.05, 3.63) is 47.5 Å². The first kappa shape index (κ1) is 23.2. The molecule has 10 heteroatoms. The van der Waals surface area contributed by atoms with Crippen LogP contribution in [0.3, 0.4) is 0 Å². The molecule has 0 aliphatic heterocycles. The molecule has 2 rings (SSSR count). The molecule has 9 nitrogen and oxygen atoms in total. The summed E-state index contributed by atoms with van der Waals surface area (Å²) in [6.45, 7) is 1.35. The summed E-state index contributed by atoms with van der Waals surface area (Å²) < 4.78 is 41.8. The summed E-state index contributed by atoms with van der Waals surface area (Å²) >= 11 is 0. The van der Waals surface area contributed by atoms with Gasteiger partial charge in [-0.15, -0.1) is 0 Å². The van der Waals surface area contributed by atoms with Crippen molar-refractivity contribution in [2.75, 3.05) is 34.9 Å². The zero-order valence-electron chi connectivity index (χ0n) is 17.5. The van der Waals surface area contributed by atoms with Gasteiger partial charge in [-0.1, -0.05) is 0 Å². The minimum absolute atomic E-state index is 0.0740. The molecule has 0 saturated carbocycles. The number of nitrogens with one attached hydrogen (secondary N) is 1. The van der Waals surface area contributed by atoms with Gasteiger partial charge in [0.2, 0.25) is 10.0 Å². The van der Waals surface area contributed by atoms with Gasteiger partial charge in [0.1, 0.15) is 5.75 Å². The summed E-state index contributed by atoms with van der Waals surface area (Å²) in [5, 5.41) is 3.86. The third kappa shape index (κ3) is 5.49. The van der Waals surface area contributed by atoms with Crippen molar-refractivity contribution < 1.29 is 27.4 Å². The molecule has 162 valence electrons. The SMILES string of the molecule is COc1ccc(S(=O)(=O)N(C)CC(=O)N/N=C\c2ccc(OC)c(OC)c2)cc1C. The summed E-state index contributed by atoms with van der Waals surface area (Å²) in [5.74, 6) is 1.09. The van der Waals surface area contributed by atoms with Crippen molar-refractivity contribution in [2.45, 2.75) is 11.8 Å². The number of rotatable bonds is 9. The number of sulfonamides is 1. The summed E-state index contributed by atoms with van der Waals surface area (Å²) in [4.78, 5) is 12.2. The van der Waals surface area contributed by atoms with Gasteiger partial charge < -0.3 is 14.2 Å². The Labute approximate surface area is 176 Å². The van der Waals surface area contributed by atoms with E-state index in [9.17, 15) is 13.2 Å². The average molecular weight is 436 g/mol. The Morgan fingerprint density at radius 2 is 1.67 bits per heavy atom. The Morgan fingerprint density at radius 1 is 1.03 bits per heavy atom. The van der Waals surface area contributed by atoms with Crippen LogP contribution in [-0.2, 0) is 14.8 Å². The molecule has 2 aromatic rings. The zero-order valence-corrected chi connectivity index (χ0v) is 18.3. The van der Waals surface area contributed by atoms with Gasteiger partial charge >= 0.3 is 0 Å². The fourth-order valence-electron chi connectivity index (χ4n) is 2.63. The van der Waals surface area contributed by atoms with E-state index in [0.717, 1.165) is 4.31 Å². The number of amides is 1. The summed E-state index contributed by atoms with van der Waals surface area (Å²) in [6.07, 6.45) is 1.42. The molecule has 2 aromatic carbocycles. The van der Waals surface area contributed by atoms with Gasteiger partial charge in [0, 0.05) is 7.05 Å². The van der Waals surface area contributed by atoms with E-state index >= 15 is 0 Å². The minimum Gasteiger partial charge on any atom is -0.496 e. The molecular weight excluding hydrogens is 410 g/mol. The third-order valence-corrected chi connectivity index (χ3v) is 6.05. The fourth-order valence-corrected chi connectivity index (χ4v) is 3.84. The molecule has 0 unspecified atom stereocenters. The molecule has 0 aliphatic rings. The molecule has 0 bridgehead atoms. The van der Waals surface area contributed by atoms with E-state index in [4.69, 9.17) is 14.2 Å². The highest BCUT2D eigenvalue weighted by Crippen LogP contribution is 2.27. The monoisotopic (exact) mass is 435 g/mol. The van der Waals surface area contributed by atoms with Crippen LogP contribution in [0.1, 0.15) is 11.1 Å². The summed E-state index contributed by atoms with van der Waals surface area (Å²) in [6, 6.07) is 9.64. The first-order valence-corrected chi connectivity index (χ1v) is 10.3. The molecular formula is C20H25N3O6S. The first-order valence-electron chi connectivity index (χ1n) is 8.87. The summed E-state index contributed by atoms with van der Waals surface area (Å²) in [7, 11) is 2.04. The largest absolute Gasteiger partial charge is 0.496 e. The van der Waals surface area contributed by atoms with E-state index in [-0.39, 0.29) is 4.90 Å². The Bertz CT molecular complexity index is 1040. The van der Waals surface area contributed by atoms with Crippen LogP contribution in [0.4, 0.5) is 0 Å². The first-order chi connectivity index (χ1) is 14.2. The predicted octanol–water partition coefficient (Wildman–Crippen LogP) is 1.79. The van der Waals surface area contributed by atoms with E-state index in [1.807, 2.05) is 0 Å². The predicted molar refractivity (Wildman–Crippen MR) is 113 cm³/mol. The lowest BCUT2D eigenvalue weighted by atomic mass is 10.2. The van der Waals surface area contributed by atoms with Crippen molar-refractivity contribution in [3.63, 3.8) is 0 Å². The van der Waals surface area contributed by atoms with Crippen LogP contribution < -0.4 is 19.6 Å². The normalized spacial score (nSPS) is 11.5. The number of carbonyl (C=O) groups excluding carboxylic acids is 1. The van der Waals surface area contributed by atoms with Crippen molar-refractivity contribution in [3.8, 4) is 17.2 Å². The van der Waals surface area contributed by atoms with Gasteiger partial charge in [-0.05, 0) is 54.4 Å². The molecule has 30 heavy (non-hydrogen) atoms. The Morgan fingerprint density at radius 3 is 2.27 bits per heavy atom. The average Bonchev–Trinajstić information content (AvgIpc) is 2.73. The molecule has 0 atom stereocenters. The van der Waals surface area contributed by atoms with Crippen LogP contribution in [0.15, 0.2) is 46.4 Å². The maximum absolute atomic E-state index is 12.7. The molecule has 0 radical (unpaired) electrons. The lowest BCUT2D eigenvalue weighted by Crippen LogP contribution is -2.36. The topological polar surface area (TPSA) is 107 Å². The second-order valence-electron chi connectivity index (χ2n) is 6.30. The van der Waals surface area contributed by atoms with E-state index in [0.29, 0.717) is 28.4 Å². The number of carbonyl (C=O) groups is 1. The van der Waals surface area contributed by atoms with Crippen molar-refractivity contribution in [1.29, 1.82) is 0 Å². The maximum atomic E-state index is 12.7. The van der Waals surface area contributed by atoms with Crippen LogP contribution in [0, 0.1) is 6.92 Å². The number of benzene rings is 2. The van der Waals surface area contributed by atoms with Crippen LogP contribution in [0.5, 0.6) is 17.2 Å². The second-order valence-corrected chi connectivity index (χ2v) is 8.34. The lowest BCUT2D eigenvalue weighted by Gasteiger charge is -2.17. The molecule has 1 amide bonds. The number of ether oxygens (including phenoxy) is 3. The number of methoxy groups -OCH3 is 3. The van der Waals surface area contributed by atoms with E-state index in [1.165, 1.54) is 46.7 Å². The molecule has 0 spiro atoms. The van der Waals surface area contributed by atoms with E-state index in [1.54, 1.807) is 31.2 Å². The Balaban J connectivity index is 2.01. The third-order valence-electron chi connectivity index (χ3n) is 4.25. The highest BCUT2D eigenvalue weighted by Gasteiger charge is 2.23. The van der Waals surface area contributed by atoms with Crippen LogP contribution >= 0.6 is 0 Å². The maximum Gasteiger partial charge on any atom is 0.255 e. The van der Waals surface area contributed by atoms with Gasteiger partial charge in [0.05, 0.1) is 39.0 Å². The van der Waals surface area contributed by atoms with Crippen LogP contribution in [0.25, 0.3) is 0 Å². The van der Waals surface area contributed by atoms with Gasteiger partial charge in [-0.25, -0.2) is 13.8 Å². The number of hydrazone groups is 1. The second kappa shape index (κ2) is 10.1. The zero-order chi connectivity index (χ0) is 22.3. The quantitative estimate of drug-likeness (QED) is 0.475. The highest BCUT2D eigenvalue weighted by molar-refractivity contribution is 7.89. The Hall–Kier alpha value is -3.11. The van der Waals surface area contributed by atoms with Gasteiger partial charge in [-0.3, -0.25) is 4.79 Å². The number of hydrogen-bond acceptors (Lipinski definition) is 7. The highest BCUT2D eigenvalue weighted by atomic mass is 32.2. The van der Waals surface area contributed by atoms with Crippen molar-refractivity contribution >= 4 is 22.1 Å². The van der Waals surface area contributed by atoms with Gasteiger partial charge in [0.15, 0.2) is 11.5 Å². The molecule has 1 N–H and O–H groups in total. The number of hydrogen-bond donors (Lipinski definition) is 1.